The van der Waals surface area contributed by atoms with E-state index in [0.717, 1.165) is 26.2 Å². The molecule has 0 aliphatic carbocycles. The van der Waals surface area contributed by atoms with Crippen LogP contribution < -0.4 is 5.32 Å². The van der Waals surface area contributed by atoms with Gasteiger partial charge in [0.15, 0.2) is 0 Å². The van der Waals surface area contributed by atoms with Crippen molar-refractivity contribution in [1.29, 1.82) is 0 Å². The average molecular weight is 275 g/mol. The molecule has 0 saturated carbocycles. The average Bonchev–Trinajstić information content (AvgIpc) is 2.47. The van der Waals surface area contributed by atoms with Gasteiger partial charge in [0.05, 0.1) is 0 Å². The zero-order valence-corrected chi connectivity index (χ0v) is 12.7. The van der Waals surface area contributed by atoms with E-state index in [1.54, 1.807) is 7.05 Å². The first kappa shape index (κ1) is 15.0. The number of hydrogen-bond acceptors (Lipinski definition) is 3. The van der Waals surface area contributed by atoms with Crippen LogP contribution in [0.15, 0.2) is 30.3 Å². The molecule has 1 saturated heterocycles. The van der Waals surface area contributed by atoms with Crippen molar-refractivity contribution < 1.29 is 4.79 Å². The second-order valence-corrected chi connectivity index (χ2v) is 5.67. The third kappa shape index (κ3) is 3.58. The number of carbonyl (C=O) groups is 1. The molecule has 1 heterocycles. The molecule has 20 heavy (non-hydrogen) atoms. The van der Waals surface area contributed by atoms with Gasteiger partial charge >= 0.3 is 0 Å². The summed E-state index contributed by atoms with van der Waals surface area (Å²) < 4.78 is 0. The Morgan fingerprint density at radius 2 is 2.00 bits per heavy atom. The van der Waals surface area contributed by atoms with Gasteiger partial charge in [-0.05, 0) is 19.4 Å². The normalized spacial score (nSPS) is 21.1. The van der Waals surface area contributed by atoms with Gasteiger partial charge in [0, 0.05) is 39.3 Å². The lowest BCUT2D eigenvalue weighted by Crippen LogP contribution is -2.59. The highest BCUT2D eigenvalue weighted by molar-refractivity contribution is 5.81. The van der Waals surface area contributed by atoms with Crippen LogP contribution in [0.2, 0.25) is 0 Å². The van der Waals surface area contributed by atoms with Crippen LogP contribution in [0.5, 0.6) is 0 Å². The van der Waals surface area contributed by atoms with Crippen molar-refractivity contribution in [2.45, 2.75) is 32.5 Å². The van der Waals surface area contributed by atoms with Crippen molar-refractivity contribution in [2.24, 2.45) is 0 Å². The van der Waals surface area contributed by atoms with E-state index in [2.05, 4.69) is 53.2 Å². The molecule has 1 aliphatic heterocycles. The quantitative estimate of drug-likeness (QED) is 0.900. The highest BCUT2D eigenvalue weighted by atomic mass is 16.2. The van der Waals surface area contributed by atoms with Crippen LogP contribution in [0.3, 0.4) is 0 Å². The van der Waals surface area contributed by atoms with E-state index in [-0.39, 0.29) is 11.9 Å². The minimum Gasteiger partial charge on any atom is -0.358 e. The minimum absolute atomic E-state index is 0.0589. The van der Waals surface area contributed by atoms with Crippen molar-refractivity contribution in [3.05, 3.63) is 35.9 Å². The number of nitrogens with zero attached hydrogens (tertiary/aromatic N) is 2. The highest BCUT2D eigenvalue weighted by Gasteiger charge is 2.32. The molecule has 1 atom stereocenters. The number of hydrogen-bond donors (Lipinski definition) is 1. The van der Waals surface area contributed by atoms with Gasteiger partial charge in [0.1, 0.15) is 6.04 Å². The van der Waals surface area contributed by atoms with E-state index >= 15 is 0 Å². The van der Waals surface area contributed by atoms with Crippen molar-refractivity contribution in [3.63, 3.8) is 0 Å². The summed E-state index contributed by atoms with van der Waals surface area (Å²) in [5.41, 5.74) is 1.26. The largest absolute Gasteiger partial charge is 0.358 e. The van der Waals surface area contributed by atoms with Gasteiger partial charge in [-0.25, -0.2) is 0 Å². The fourth-order valence-corrected chi connectivity index (χ4v) is 2.73. The third-order valence-electron chi connectivity index (χ3n) is 4.03. The van der Waals surface area contributed by atoms with E-state index in [9.17, 15) is 4.79 Å². The zero-order valence-electron chi connectivity index (χ0n) is 12.7. The molecule has 1 aromatic carbocycles. The number of likely N-dealkylation sites (N-methyl/N-ethyl adjacent to an activating group) is 1. The third-order valence-corrected chi connectivity index (χ3v) is 4.03. The van der Waals surface area contributed by atoms with Crippen molar-refractivity contribution in [2.75, 3.05) is 26.7 Å². The maximum atomic E-state index is 12.2. The molecule has 1 fully saturated rings. The second-order valence-electron chi connectivity index (χ2n) is 5.67. The summed E-state index contributed by atoms with van der Waals surface area (Å²) in [4.78, 5) is 16.8. The van der Waals surface area contributed by atoms with Gasteiger partial charge in [-0.15, -0.1) is 0 Å². The van der Waals surface area contributed by atoms with E-state index in [0.29, 0.717) is 6.04 Å². The molecular formula is C16H25N3O. The fraction of sp³-hybridized carbons (Fsp3) is 0.562. The number of benzene rings is 1. The molecule has 1 N–H and O–H groups in total. The maximum Gasteiger partial charge on any atom is 0.238 e. The molecule has 1 aromatic rings. The Bertz CT molecular complexity index is 433. The zero-order chi connectivity index (χ0) is 14.5. The van der Waals surface area contributed by atoms with Crippen LogP contribution in [0.25, 0.3) is 0 Å². The molecule has 0 spiro atoms. The Kier molecular flexibility index (Phi) is 5.15. The lowest BCUT2D eigenvalue weighted by Gasteiger charge is -2.42. The lowest BCUT2D eigenvalue weighted by molar-refractivity contribution is -0.129. The smallest absolute Gasteiger partial charge is 0.238 e. The lowest BCUT2D eigenvalue weighted by atomic mass is 10.1. The second kappa shape index (κ2) is 6.86. The molecule has 0 unspecified atom stereocenters. The van der Waals surface area contributed by atoms with Gasteiger partial charge < -0.3 is 5.32 Å². The predicted octanol–water partition coefficient (Wildman–Crippen LogP) is 1.33. The first-order chi connectivity index (χ1) is 9.61. The maximum absolute atomic E-state index is 12.2. The predicted molar refractivity (Wildman–Crippen MR) is 81.4 cm³/mol. The molecular weight excluding hydrogens is 250 g/mol. The summed E-state index contributed by atoms with van der Waals surface area (Å²) in [6, 6.07) is 10.8. The van der Waals surface area contributed by atoms with Gasteiger partial charge in [0.2, 0.25) is 5.91 Å². The van der Waals surface area contributed by atoms with E-state index in [1.165, 1.54) is 5.56 Å². The summed E-state index contributed by atoms with van der Waals surface area (Å²) in [7, 11) is 1.72. The van der Waals surface area contributed by atoms with Crippen LogP contribution in [0, 0.1) is 0 Å². The molecule has 4 heteroatoms. The number of carbonyl (C=O) groups excluding carboxylic acids is 1. The topological polar surface area (TPSA) is 35.6 Å². The van der Waals surface area contributed by atoms with E-state index in [4.69, 9.17) is 0 Å². The Hall–Kier alpha value is -1.39. The number of rotatable bonds is 4. The van der Waals surface area contributed by atoms with Gasteiger partial charge in [-0.1, -0.05) is 30.3 Å². The summed E-state index contributed by atoms with van der Waals surface area (Å²) >= 11 is 0. The van der Waals surface area contributed by atoms with Crippen LogP contribution in [0.1, 0.15) is 19.4 Å². The Balaban J connectivity index is 2.08. The molecule has 110 valence electrons. The standard InChI is InChI=1S/C16H25N3O/c1-13(2)18-9-10-19(15(12-18)16(20)17-3)11-14-7-5-4-6-8-14/h4-8,13,15H,9-12H2,1-3H3,(H,17,20)/t15-/m0/s1. The van der Waals surface area contributed by atoms with Crippen molar-refractivity contribution >= 4 is 5.91 Å². The Morgan fingerprint density at radius 1 is 1.30 bits per heavy atom. The Labute approximate surface area is 121 Å². The molecule has 1 amide bonds. The fourth-order valence-electron chi connectivity index (χ4n) is 2.73. The molecule has 0 bridgehead atoms. The molecule has 4 nitrogen and oxygen atoms in total. The summed E-state index contributed by atoms with van der Waals surface area (Å²) in [6.07, 6.45) is 0. The van der Waals surface area contributed by atoms with Crippen LogP contribution in [-0.2, 0) is 11.3 Å². The van der Waals surface area contributed by atoms with Crippen molar-refractivity contribution in [1.82, 2.24) is 15.1 Å². The van der Waals surface area contributed by atoms with Crippen LogP contribution >= 0.6 is 0 Å². The SMILES string of the molecule is CNC(=O)[C@@H]1CN(C(C)C)CCN1Cc1ccccc1. The minimum atomic E-state index is -0.0589. The molecule has 0 aromatic heterocycles. The molecule has 1 aliphatic rings. The van der Waals surface area contributed by atoms with Gasteiger partial charge in [0.25, 0.3) is 0 Å². The van der Waals surface area contributed by atoms with Crippen LogP contribution in [-0.4, -0.2) is 54.5 Å². The van der Waals surface area contributed by atoms with Crippen LogP contribution in [0.4, 0.5) is 0 Å². The summed E-state index contributed by atoms with van der Waals surface area (Å²) in [5, 5.41) is 2.80. The highest BCUT2D eigenvalue weighted by Crippen LogP contribution is 2.16. The van der Waals surface area contributed by atoms with Gasteiger partial charge in [-0.3, -0.25) is 14.6 Å². The summed E-state index contributed by atoms with van der Waals surface area (Å²) in [6.45, 7) is 7.99. The summed E-state index contributed by atoms with van der Waals surface area (Å²) in [5.74, 6) is 0.117. The van der Waals surface area contributed by atoms with E-state index < -0.39 is 0 Å². The van der Waals surface area contributed by atoms with Gasteiger partial charge in [-0.2, -0.15) is 0 Å². The first-order valence-corrected chi connectivity index (χ1v) is 7.35. The number of piperazine rings is 1. The first-order valence-electron chi connectivity index (χ1n) is 7.35. The van der Waals surface area contributed by atoms with Crippen molar-refractivity contribution in [3.8, 4) is 0 Å². The molecule has 2 rings (SSSR count). The Morgan fingerprint density at radius 3 is 2.60 bits per heavy atom. The number of nitrogens with one attached hydrogen (secondary N) is 1. The van der Waals surface area contributed by atoms with E-state index in [1.807, 2.05) is 6.07 Å². The number of amides is 1. The monoisotopic (exact) mass is 275 g/mol. The molecule has 0 radical (unpaired) electrons.